The first-order valence-corrected chi connectivity index (χ1v) is 6.11. The molecule has 0 heterocycles. The third-order valence-corrected chi connectivity index (χ3v) is 3.58. The Labute approximate surface area is 99.5 Å². The Morgan fingerprint density at radius 2 is 1.12 bits per heavy atom. The molecule has 1 rings (SSSR count). The van der Waals surface area contributed by atoms with Crippen molar-refractivity contribution in [3.8, 4) is 5.75 Å². The van der Waals surface area contributed by atoms with Crippen molar-refractivity contribution in [2.45, 2.75) is 60.3 Å². The number of phenolic OH excluding ortho intramolecular Hbond substituents is 1. The molecule has 1 nitrogen and oxygen atoms in total. The second-order valence-corrected chi connectivity index (χ2v) is 5.36. The van der Waals surface area contributed by atoms with E-state index in [0.29, 0.717) is 17.6 Å². The van der Waals surface area contributed by atoms with Gasteiger partial charge in [-0.1, -0.05) is 27.7 Å². The molecule has 90 valence electrons. The summed E-state index contributed by atoms with van der Waals surface area (Å²) in [5, 5.41) is 10.3. The summed E-state index contributed by atoms with van der Waals surface area (Å²) in [5.74, 6) is 1.33. The summed E-state index contributed by atoms with van der Waals surface area (Å²) in [7, 11) is 0. The number of aromatic hydroxyl groups is 1. The van der Waals surface area contributed by atoms with E-state index in [0.717, 1.165) is 11.1 Å². The van der Waals surface area contributed by atoms with Crippen LogP contribution in [0.3, 0.4) is 0 Å². The Bertz CT molecular complexity index is 362. The first kappa shape index (κ1) is 13.1. The second-order valence-electron chi connectivity index (χ2n) is 5.36. The summed E-state index contributed by atoms with van der Waals surface area (Å²) in [6.07, 6.45) is 0. The standard InChI is InChI=1S/C15H24O/c1-8(2)13-11(6)10(5)12(7)15(16)14(13)9(3)4/h8-9,16H,1-7H3. The van der Waals surface area contributed by atoms with E-state index in [4.69, 9.17) is 0 Å². The largest absolute Gasteiger partial charge is 0.507 e. The predicted octanol–water partition coefficient (Wildman–Crippen LogP) is 4.56. The van der Waals surface area contributed by atoms with Gasteiger partial charge in [0.2, 0.25) is 0 Å². The van der Waals surface area contributed by atoms with Crippen molar-refractivity contribution in [1.82, 2.24) is 0 Å². The van der Waals surface area contributed by atoms with Gasteiger partial charge in [0.05, 0.1) is 0 Å². The lowest BCUT2D eigenvalue weighted by Gasteiger charge is -2.24. The molecule has 0 unspecified atom stereocenters. The van der Waals surface area contributed by atoms with E-state index in [-0.39, 0.29) is 0 Å². The number of hydrogen-bond acceptors (Lipinski definition) is 1. The monoisotopic (exact) mass is 220 g/mol. The summed E-state index contributed by atoms with van der Waals surface area (Å²) in [6.45, 7) is 15.0. The van der Waals surface area contributed by atoms with Crippen LogP contribution in [0.1, 0.15) is 67.3 Å². The van der Waals surface area contributed by atoms with Crippen LogP contribution in [0.25, 0.3) is 0 Å². The molecule has 0 spiro atoms. The summed E-state index contributed by atoms with van der Waals surface area (Å²) in [5.41, 5.74) is 6.07. The van der Waals surface area contributed by atoms with E-state index in [1.54, 1.807) is 0 Å². The van der Waals surface area contributed by atoms with E-state index in [1.807, 2.05) is 6.92 Å². The van der Waals surface area contributed by atoms with Crippen LogP contribution in [0.5, 0.6) is 5.75 Å². The number of benzene rings is 1. The lowest BCUT2D eigenvalue weighted by Crippen LogP contribution is -2.06. The van der Waals surface area contributed by atoms with E-state index in [1.165, 1.54) is 16.7 Å². The van der Waals surface area contributed by atoms with Crippen molar-refractivity contribution in [3.63, 3.8) is 0 Å². The number of hydrogen-bond donors (Lipinski definition) is 1. The smallest absolute Gasteiger partial charge is 0.122 e. The molecule has 1 N–H and O–H groups in total. The molecule has 1 heteroatoms. The Kier molecular flexibility index (Phi) is 3.67. The van der Waals surface area contributed by atoms with Crippen molar-refractivity contribution in [3.05, 3.63) is 27.8 Å². The maximum Gasteiger partial charge on any atom is 0.122 e. The van der Waals surface area contributed by atoms with E-state index in [9.17, 15) is 5.11 Å². The van der Waals surface area contributed by atoms with Crippen LogP contribution in [-0.4, -0.2) is 5.11 Å². The van der Waals surface area contributed by atoms with Crippen LogP contribution in [-0.2, 0) is 0 Å². The van der Waals surface area contributed by atoms with Crippen LogP contribution < -0.4 is 0 Å². The minimum absolute atomic E-state index is 0.371. The molecule has 0 aliphatic rings. The zero-order valence-electron chi connectivity index (χ0n) is 11.6. The van der Waals surface area contributed by atoms with Crippen LogP contribution in [0, 0.1) is 20.8 Å². The molecule has 16 heavy (non-hydrogen) atoms. The Balaban J connectivity index is 3.69. The minimum atomic E-state index is 0.371. The fourth-order valence-corrected chi connectivity index (χ4v) is 2.52. The normalized spacial score (nSPS) is 11.6. The zero-order valence-corrected chi connectivity index (χ0v) is 11.6. The molecule has 0 saturated heterocycles. The number of phenols is 1. The highest BCUT2D eigenvalue weighted by Crippen LogP contribution is 2.39. The van der Waals surface area contributed by atoms with Crippen molar-refractivity contribution in [2.75, 3.05) is 0 Å². The molecular formula is C15H24O. The summed E-state index contributed by atoms with van der Waals surface area (Å²) >= 11 is 0. The molecule has 1 aromatic carbocycles. The predicted molar refractivity (Wildman–Crippen MR) is 70.5 cm³/mol. The molecule has 0 aliphatic heterocycles. The first-order valence-electron chi connectivity index (χ1n) is 6.11. The van der Waals surface area contributed by atoms with Crippen molar-refractivity contribution in [2.24, 2.45) is 0 Å². The second kappa shape index (κ2) is 4.48. The van der Waals surface area contributed by atoms with Gasteiger partial charge in [0.25, 0.3) is 0 Å². The molecule has 0 fully saturated rings. The van der Waals surface area contributed by atoms with Gasteiger partial charge in [-0.3, -0.25) is 0 Å². The maximum atomic E-state index is 10.3. The van der Waals surface area contributed by atoms with Crippen molar-refractivity contribution < 1.29 is 5.11 Å². The topological polar surface area (TPSA) is 20.2 Å². The molecule has 0 bridgehead atoms. The van der Waals surface area contributed by atoms with Crippen LogP contribution in [0.2, 0.25) is 0 Å². The van der Waals surface area contributed by atoms with Gasteiger partial charge in [-0.15, -0.1) is 0 Å². The average molecular weight is 220 g/mol. The molecule has 1 aromatic rings. The third kappa shape index (κ3) is 1.95. The van der Waals surface area contributed by atoms with Gasteiger partial charge in [0.15, 0.2) is 0 Å². The molecule has 0 radical (unpaired) electrons. The third-order valence-electron chi connectivity index (χ3n) is 3.58. The van der Waals surface area contributed by atoms with Gasteiger partial charge in [0, 0.05) is 5.56 Å². The minimum Gasteiger partial charge on any atom is -0.507 e. The van der Waals surface area contributed by atoms with Gasteiger partial charge in [-0.25, -0.2) is 0 Å². The van der Waals surface area contributed by atoms with Gasteiger partial charge < -0.3 is 5.11 Å². The van der Waals surface area contributed by atoms with Gasteiger partial charge in [0.1, 0.15) is 5.75 Å². The quantitative estimate of drug-likeness (QED) is 0.774. The molecule has 0 saturated carbocycles. The Hall–Kier alpha value is -0.980. The highest BCUT2D eigenvalue weighted by Gasteiger charge is 2.20. The SMILES string of the molecule is Cc1c(C)c(O)c(C(C)C)c(C(C)C)c1C. The van der Waals surface area contributed by atoms with Crippen LogP contribution in [0.4, 0.5) is 0 Å². The first-order chi connectivity index (χ1) is 7.29. The number of rotatable bonds is 2. The molecule has 0 atom stereocenters. The van der Waals surface area contributed by atoms with Crippen LogP contribution >= 0.6 is 0 Å². The van der Waals surface area contributed by atoms with Crippen molar-refractivity contribution >= 4 is 0 Å². The zero-order chi connectivity index (χ0) is 12.6. The van der Waals surface area contributed by atoms with Gasteiger partial charge in [-0.05, 0) is 54.9 Å². The van der Waals surface area contributed by atoms with E-state index in [2.05, 4.69) is 41.5 Å². The van der Waals surface area contributed by atoms with Gasteiger partial charge >= 0.3 is 0 Å². The van der Waals surface area contributed by atoms with Gasteiger partial charge in [-0.2, -0.15) is 0 Å². The average Bonchev–Trinajstić information content (AvgIpc) is 2.18. The Morgan fingerprint density at radius 3 is 1.50 bits per heavy atom. The van der Waals surface area contributed by atoms with E-state index >= 15 is 0 Å². The molecule has 0 amide bonds. The summed E-state index contributed by atoms with van der Waals surface area (Å²) < 4.78 is 0. The molecule has 0 aromatic heterocycles. The highest BCUT2D eigenvalue weighted by molar-refractivity contribution is 5.56. The fourth-order valence-electron chi connectivity index (χ4n) is 2.52. The lowest BCUT2D eigenvalue weighted by atomic mass is 9.82. The van der Waals surface area contributed by atoms with E-state index < -0.39 is 0 Å². The van der Waals surface area contributed by atoms with Crippen LogP contribution in [0.15, 0.2) is 0 Å². The molecular weight excluding hydrogens is 196 g/mol. The highest BCUT2D eigenvalue weighted by atomic mass is 16.3. The summed E-state index contributed by atoms with van der Waals surface area (Å²) in [4.78, 5) is 0. The lowest BCUT2D eigenvalue weighted by molar-refractivity contribution is 0.457. The fraction of sp³-hybridized carbons (Fsp3) is 0.600. The Morgan fingerprint density at radius 1 is 0.688 bits per heavy atom. The molecule has 0 aliphatic carbocycles. The van der Waals surface area contributed by atoms with Crippen molar-refractivity contribution in [1.29, 1.82) is 0 Å². The maximum absolute atomic E-state index is 10.3. The summed E-state index contributed by atoms with van der Waals surface area (Å²) in [6, 6.07) is 0.